The molecule has 4 heteroatoms. The summed E-state index contributed by atoms with van der Waals surface area (Å²) in [4.78, 5) is 14.5. The van der Waals surface area contributed by atoms with E-state index < -0.39 is 0 Å². The molecule has 0 saturated heterocycles. The number of carbonyl (C=O) groups excluding carboxylic acids is 1. The van der Waals surface area contributed by atoms with E-state index in [1.165, 1.54) is 0 Å². The van der Waals surface area contributed by atoms with Gasteiger partial charge in [0.1, 0.15) is 5.75 Å². The lowest BCUT2D eigenvalue weighted by Gasteiger charge is -2.30. The van der Waals surface area contributed by atoms with Crippen LogP contribution in [0.4, 0.5) is 0 Å². The fraction of sp³-hybridized carbons (Fsp3) is 0.588. The average Bonchev–Trinajstić information content (AvgIpc) is 3.18. The van der Waals surface area contributed by atoms with Crippen LogP contribution in [0.3, 0.4) is 0 Å². The third-order valence-corrected chi connectivity index (χ3v) is 4.08. The van der Waals surface area contributed by atoms with Crippen molar-refractivity contribution in [3.05, 3.63) is 29.8 Å². The molecule has 0 spiro atoms. The molecule has 0 bridgehead atoms. The maximum atomic E-state index is 12.6. The summed E-state index contributed by atoms with van der Waals surface area (Å²) in [6.45, 7) is 6.72. The second kappa shape index (κ2) is 6.06. The van der Waals surface area contributed by atoms with Gasteiger partial charge in [0, 0.05) is 25.0 Å². The highest BCUT2D eigenvalue weighted by molar-refractivity contribution is 5.77. The first kappa shape index (κ1) is 15.8. The SMILES string of the molecule is CC(C)(C)C(N)CC(=O)N(Cc1cccc(O)c1)C1CC1. The number of carbonyl (C=O) groups is 1. The van der Waals surface area contributed by atoms with E-state index in [1.807, 2.05) is 11.0 Å². The Hall–Kier alpha value is -1.55. The Morgan fingerprint density at radius 2 is 2.10 bits per heavy atom. The number of aromatic hydroxyl groups is 1. The molecular weight excluding hydrogens is 264 g/mol. The first-order valence-corrected chi connectivity index (χ1v) is 7.60. The molecule has 1 aromatic rings. The smallest absolute Gasteiger partial charge is 0.224 e. The topological polar surface area (TPSA) is 66.6 Å². The maximum absolute atomic E-state index is 12.6. The Bertz CT molecular complexity index is 504. The molecular formula is C17H26N2O2. The quantitative estimate of drug-likeness (QED) is 0.876. The number of nitrogens with zero attached hydrogens (tertiary/aromatic N) is 1. The van der Waals surface area contributed by atoms with Gasteiger partial charge in [-0.15, -0.1) is 0 Å². The zero-order chi connectivity index (χ0) is 15.6. The molecule has 1 atom stereocenters. The molecule has 1 aliphatic carbocycles. The van der Waals surface area contributed by atoms with E-state index in [0.29, 0.717) is 19.0 Å². The van der Waals surface area contributed by atoms with E-state index >= 15 is 0 Å². The highest BCUT2D eigenvalue weighted by Crippen LogP contribution is 2.30. The van der Waals surface area contributed by atoms with Gasteiger partial charge in [0.25, 0.3) is 0 Å². The number of phenols is 1. The van der Waals surface area contributed by atoms with Crippen molar-refractivity contribution >= 4 is 5.91 Å². The standard InChI is InChI=1S/C17H26N2O2/c1-17(2,3)15(18)10-16(21)19(13-7-8-13)11-12-5-4-6-14(20)9-12/h4-6,9,13,15,20H,7-8,10-11,18H2,1-3H3. The second-order valence-electron chi connectivity index (χ2n) is 7.10. The summed E-state index contributed by atoms with van der Waals surface area (Å²) >= 11 is 0. The normalized spacial score (nSPS) is 16.6. The van der Waals surface area contributed by atoms with Gasteiger partial charge in [0.15, 0.2) is 0 Å². The van der Waals surface area contributed by atoms with E-state index in [0.717, 1.165) is 18.4 Å². The first-order chi connectivity index (χ1) is 9.77. The van der Waals surface area contributed by atoms with Gasteiger partial charge in [0.05, 0.1) is 0 Å². The number of nitrogens with two attached hydrogens (primary N) is 1. The Balaban J connectivity index is 2.04. The number of hydrogen-bond acceptors (Lipinski definition) is 3. The zero-order valence-corrected chi connectivity index (χ0v) is 13.2. The van der Waals surface area contributed by atoms with E-state index in [4.69, 9.17) is 5.73 Å². The lowest BCUT2D eigenvalue weighted by Crippen LogP contribution is -2.42. The second-order valence-corrected chi connectivity index (χ2v) is 7.10. The van der Waals surface area contributed by atoms with Crippen LogP contribution in [0, 0.1) is 5.41 Å². The lowest BCUT2D eigenvalue weighted by atomic mass is 9.85. The van der Waals surface area contributed by atoms with Crippen molar-refractivity contribution in [3.63, 3.8) is 0 Å². The minimum Gasteiger partial charge on any atom is -0.508 e. The van der Waals surface area contributed by atoms with Gasteiger partial charge >= 0.3 is 0 Å². The minimum atomic E-state index is -0.143. The molecule has 1 fully saturated rings. The molecule has 21 heavy (non-hydrogen) atoms. The van der Waals surface area contributed by atoms with Gasteiger partial charge in [-0.2, -0.15) is 0 Å². The van der Waals surface area contributed by atoms with Crippen LogP contribution < -0.4 is 5.73 Å². The van der Waals surface area contributed by atoms with Crippen molar-refractivity contribution in [3.8, 4) is 5.75 Å². The van der Waals surface area contributed by atoms with Crippen molar-refractivity contribution in [1.29, 1.82) is 0 Å². The predicted molar refractivity (Wildman–Crippen MR) is 83.7 cm³/mol. The van der Waals surface area contributed by atoms with Crippen LogP contribution in [0.15, 0.2) is 24.3 Å². The fourth-order valence-electron chi connectivity index (χ4n) is 2.27. The van der Waals surface area contributed by atoms with Crippen molar-refractivity contribution in [1.82, 2.24) is 4.90 Å². The molecule has 0 heterocycles. The molecule has 4 nitrogen and oxygen atoms in total. The van der Waals surface area contributed by atoms with Crippen LogP contribution in [0.25, 0.3) is 0 Å². The van der Waals surface area contributed by atoms with Crippen molar-refractivity contribution < 1.29 is 9.90 Å². The molecule has 0 radical (unpaired) electrons. The summed E-state index contributed by atoms with van der Waals surface area (Å²) in [5.41, 5.74) is 7.02. The summed E-state index contributed by atoms with van der Waals surface area (Å²) in [6.07, 6.45) is 2.50. The van der Waals surface area contributed by atoms with Gasteiger partial charge in [-0.25, -0.2) is 0 Å². The van der Waals surface area contributed by atoms with Gasteiger partial charge in [-0.1, -0.05) is 32.9 Å². The van der Waals surface area contributed by atoms with Crippen LogP contribution in [-0.2, 0) is 11.3 Å². The molecule has 2 rings (SSSR count). The number of rotatable bonds is 5. The molecule has 1 unspecified atom stereocenters. The number of hydrogen-bond donors (Lipinski definition) is 2. The molecule has 1 aliphatic rings. The molecule has 1 aromatic carbocycles. The third-order valence-electron chi connectivity index (χ3n) is 4.08. The average molecular weight is 290 g/mol. The van der Waals surface area contributed by atoms with E-state index in [9.17, 15) is 9.90 Å². The van der Waals surface area contributed by atoms with Gasteiger partial charge in [-0.3, -0.25) is 4.79 Å². The zero-order valence-electron chi connectivity index (χ0n) is 13.2. The third kappa shape index (κ3) is 4.46. The first-order valence-electron chi connectivity index (χ1n) is 7.60. The highest BCUT2D eigenvalue weighted by atomic mass is 16.3. The van der Waals surface area contributed by atoms with Crippen LogP contribution in [0.2, 0.25) is 0 Å². The molecule has 3 N–H and O–H groups in total. The summed E-state index contributed by atoms with van der Waals surface area (Å²) in [7, 11) is 0. The monoisotopic (exact) mass is 290 g/mol. The summed E-state index contributed by atoms with van der Waals surface area (Å²) in [6, 6.07) is 7.30. The summed E-state index contributed by atoms with van der Waals surface area (Å²) < 4.78 is 0. The lowest BCUT2D eigenvalue weighted by molar-refractivity contribution is -0.133. The summed E-state index contributed by atoms with van der Waals surface area (Å²) in [5, 5.41) is 9.55. The number of phenolic OH excluding ortho intramolecular Hbond substituents is 1. The Morgan fingerprint density at radius 3 is 2.62 bits per heavy atom. The van der Waals surface area contributed by atoms with E-state index in [-0.39, 0.29) is 23.1 Å². The Kier molecular flexibility index (Phi) is 4.57. The highest BCUT2D eigenvalue weighted by Gasteiger charge is 2.34. The van der Waals surface area contributed by atoms with Crippen molar-refractivity contribution in [2.45, 2.75) is 58.7 Å². The van der Waals surface area contributed by atoms with Gasteiger partial charge in [0.2, 0.25) is 5.91 Å². The van der Waals surface area contributed by atoms with E-state index in [2.05, 4.69) is 20.8 Å². The van der Waals surface area contributed by atoms with Crippen LogP contribution >= 0.6 is 0 Å². The van der Waals surface area contributed by atoms with Gasteiger partial charge < -0.3 is 15.7 Å². The van der Waals surface area contributed by atoms with Gasteiger partial charge in [-0.05, 0) is 36.0 Å². The molecule has 1 amide bonds. The Labute approximate surface area is 126 Å². The molecule has 116 valence electrons. The fourth-order valence-corrected chi connectivity index (χ4v) is 2.27. The van der Waals surface area contributed by atoms with Crippen LogP contribution in [-0.4, -0.2) is 28.0 Å². The van der Waals surface area contributed by atoms with Crippen molar-refractivity contribution in [2.75, 3.05) is 0 Å². The maximum Gasteiger partial charge on any atom is 0.224 e. The number of benzene rings is 1. The molecule has 0 aliphatic heterocycles. The molecule has 0 aromatic heterocycles. The molecule has 1 saturated carbocycles. The van der Waals surface area contributed by atoms with Crippen LogP contribution in [0.5, 0.6) is 5.75 Å². The van der Waals surface area contributed by atoms with Crippen molar-refractivity contribution in [2.24, 2.45) is 11.1 Å². The summed E-state index contributed by atoms with van der Waals surface area (Å²) in [5.74, 6) is 0.352. The van der Waals surface area contributed by atoms with E-state index in [1.54, 1.807) is 18.2 Å². The minimum absolute atomic E-state index is 0.0735. The van der Waals surface area contributed by atoms with Crippen LogP contribution in [0.1, 0.15) is 45.6 Å². The predicted octanol–water partition coefficient (Wildman–Crippen LogP) is 2.65. The Morgan fingerprint density at radius 1 is 1.43 bits per heavy atom. The largest absolute Gasteiger partial charge is 0.508 e. The number of amides is 1.